The van der Waals surface area contributed by atoms with Crippen LogP contribution in [0.2, 0.25) is 5.02 Å². The summed E-state index contributed by atoms with van der Waals surface area (Å²) in [5.74, 6) is 1.59. The number of nitrogens with zero attached hydrogens (tertiary/aromatic N) is 2. The van der Waals surface area contributed by atoms with Crippen LogP contribution in [-0.2, 0) is 11.4 Å². The second-order valence-electron chi connectivity index (χ2n) is 8.75. The number of oxime groups is 1. The number of para-hydroxylation sites is 1. The summed E-state index contributed by atoms with van der Waals surface area (Å²) in [5, 5.41) is 15.8. The first-order chi connectivity index (χ1) is 17.0. The lowest BCUT2D eigenvalue weighted by atomic mass is 10.0. The Kier molecular flexibility index (Phi) is 8.64. The second-order valence-corrected chi connectivity index (χ2v) is 9.19. The van der Waals surface area contributed by atoms with Crippen molar-refractivity contribution in [2.45, 2.75) is 32.1 Å². The molecule has 0 amide bonds. The van der Waals surface area contributed by atoms with Crippen LogP contribution in [0.4, 0.5) is 0 Å². The Morgan fingerprint density at radius 3 is 2.69 bits per heavy atom. The van der Waals surface area contributed by atoms with Gasteiger partial charge in [-0.3, -0.25) is 4.90 Å². The van der Waals surface area contributed by atoms with Gasteiger partial charge in [0.05, 0.1) is 12.8 Å². The highest BCUT2D eigenvalue weighted by Gasteiger charge is 2.26. The normalized spacial score (nSPS) is 16.0. The van der Waals surface area contributed by atoms with E-state index in [1.165, 1.54) is 0 Å². The number of benzene rings is 3. The van der Waals surface area contributed by atoms with Crippen LogP contribution in [-0.4, -0.2) is 54.7 Å². The molecule has 0 fully saturated rings. The van der Waals surface area contributed by atoms with E-state index in [9.17, 15) is 5.11 Å². The lowest BCUT2D eigenvalue weighted by Crippen LogP contribution is -2.39. The van der Waals surface area contributed by atoms with Crippen molar-refractivity contribution in [1.82, 2.24) is 4.90 Å². The van der Waals surface area contributed by atoms with Gasteiger partial charge in [-0.15, -0.1) is 0 Å². The smallest absolute Gasteiger partial charge is 0.145 e. The molecule has 35 heavy (non-hydrogen) atoms. The van der Waals surface area contributed by atoms with Crippen molar-refractivity contribution in [2.24, 2.45) is 5.16 Å². The molecule has 1 heterocycles. The van der Waals surface area contributed by atoms with Gasteiger partial charge in [-0.1, -0.05) is 59.2 Å². The Bertz CT molecular complexity index is 1140. The molecular formula is C28H31ClN2O4. The van der Waals surface area contributed by atoms with Gasteiger partial charge in [0.2, 0.25) is 0 Å². The van der Waals surface area contributed by atoms with E-state index < -0.39 is 6.10 Å². The van der Waals surface area contributed by atoms with Gasteiger partial charge in [0.25, 0.3) is 0 Å². The van der Waals surface area contributed by atoms with E-state index in [1.807, 2.05) is 73.7 Å². The fourth-order valence-electron chi connectivity index (χ4n) is 4.11. The van der Waals surface area contributed by atoms with Gasteiger partial charge in [-0.2, -0.15) is 0 Å². The van der Waals surface area contributed by atoms with E-state index in [2.05, 4.69) is 16.1 Å². The number of rotatable bonds is 11. The highest BCUT2D eigenvalue weighted by molar-refractivity contribution is 6.30. The number of hydrogen-bond acceptors (Lipinski definition) is 6. The summed E-state index contributed by atoms with van der Waals surface area (Å²) in [6, 6.07) is 23.4. The van der Waals surface area contributed by atoms with Gasteiger partial charge in [-0.25, -0.2) is 0 Å². The summed E-state index contributed by atoms with van der Waals surface area (Å²) in [6.07, 6.45) is -0.0967. The third kappa shape index (κ3) is 7.21. The predicted molar refractivity (Wildman–Crippen MR) is 138 cm³/mol. The number of aliphatic hydroxyl groups is 1. The van der Waals surface area contributed by atoms with Crippen LogP contribution >= 0.6 is 11.6 Å². The van der Waals surface area contributed by atoms with E-state index >= 15 is 0 Å². The van der Waals surface area contributed by atoms with E-state index in [1.54, 1.807) is 7.11 Å². The first-order valence-corrected chi connectivity index (χ1v) is 12.1. The molecule has 0 bridgehead atoms. The number of hydrogen-bond donors (Lipinski definition) is 1. The van der Waals surface area contributed by atoms with Crippen molar-refractivity contribution in [3.63, 3.8) is 0 Å². The topological polar surface area (TPSA) is 63.5 Å². The summed E-state index contributed by atoms with van der Waals surface area (Å²) in [5.41, 5.74) is 4.03. The van der Waals surface area contributed by atoms with Gasteiger partial charge < -0.3 is 19.4 Å². The number of methoxy groups -OCH3 is 1. The first-order valence-electron chi connectivity index (χ1n) is 11.7. The molecule has 1 aliphatic rings. The highest BCUT2D eigenvalue weighted by Crippen LogP contribution is 2.22. The van der Waals surface area contributed by atoms with E-state index in [4.69, 9.17) is 25.9 Å². The molecule has 0 spiro atoms. The molecule has 0 aliphatic carbocycles. The number of halogens is 1. The lowest BCUT2D eigenvalue weighted by molar-refractivity contribution is 0.0212. The largest absolute Gasteiger partial charge is 0.497 e. The molecule has 0 saturated carbocycles. The zero-order chi connectivity index (χ0) is 24.6. The first kappa shape index (κ1) is 25.0. The molecule has 3 aromatic carbocycles. The predicted octanol–water partition coefficient (Wildman–Crippen LogP) is 5.09. The fraction of sp³-hybridized carbons (Fsp3) is 0.321. The van der Waals surface area contributed by atoms with Crippen LogP contribution in [0, 0.1) is 6.92 Å². The summed E-state index contributed by atoms with van der Waals surface area (Å²) in [6.45, 7) is 3.87. The van der Waals surface area contributed by atoms with E-state index in [0.29, 0.717) is 31.1 Å². The molecule has 2 atom stereocenters. The minimum absolute atomic E-state index is 0.115. The number of aryl methyl sites for hydroxylation is 1. The molecule has 0 radical (unpaired) electrons. The Morgan fingerprint density at radius 1 is 1.11 bits per heavy atom. The van der Waals surface area contributed by atoms with Gasteiger partial charge in [-0.05, 0) is 53.9 Å². The molecule has 0 aromatic heterocycles. The molecule has 0 saturated heterocycles. The Hall–Kier alpha value is -3.06. The maximum Gasteiger partial charge on any atom is 0.145 e. The van der Waals surface area contributed by atoms with Crippen LogP contribution in [0.1, 0.15) is 23.1 Å². The van der Waals surface area contributed by atoms with Gasteiger partial charge in [0.1, 0.15) is 30.3 Å². The average molecular weight is 495 g/mol. The monoisotopic (exact) mass is 494 g/mol. The molecule has 3 aromatic rings. The van der Waals surface area contributed by atoms with Crippen molar-refractivity contribution >= 4 is 17.3 Å². The molecule has 184 valence electrons. The van der Waals surface area contributed by atoms with E-state index in [0.717, 1.165) is 33.9 Å². The van der Waals surface area contributed by atoms with Crippen molar-refractivity contribution in [1.29, 1.82) is 0 Å². The van der Waals surface area contributed by atoms with Gasteiger partial charge >= 0.3 is 0 Å². The SMILES string of the molecule is COc1cccc(CN(C[C@@H](O)COc2ccccc2C)C[C@H]2CC(c3ccc(Cl)cc3)=NO2)c1. The Balaban J connectivity index is 1.40. The fourth-order valence-corrected chi connectivity index (χ4v) is 4.24. The molecule has 7 heteroatoms. The van der Waals surface area contributed by atoms with E-state index in [-0.39, 0.29) is 12.7 Å². The van der Waals surface area contributed by atoms with Crippen molar-refractivity contribution in [3.05, 3.63) is 94.5 Å². The molecule has 0 unspecified atom stereocenters. The highest BCUT2D eigenvalue weighted by atomic mass is 35.5. The molecular weight excluding hydrogens is 464 g/mol. The third-order valence-electron chi connectivity index (χ3n) is 5.91. The molecule has 4 rings (SSSR count). The average Bonchev–Trinajstić information content (AvgIpc) is 3.32. The van der Waals surface area contributed by atoms with Crippen molar-refractivity contribution < 1.29 is 19.4 Å². The van der Waals surface area contributed by atoms with Crippen LogP contribution < -0.4 is 9.47 Å². The molecule has 1 N–H and O–H groups in total. The summed E-state index contributed by atoms with van der Waals surface area (Å²) in [4.78, 5) is 7.94. The Morgan fingerprint density at radius 2 is 1.91 bits per heavy atom. The zero-order valence-corrected chi connectivity index (χ0v) is 20.8. The van der Waals surface area contributed by atoms with Crippen molar-refractivity contribution in [3.8, 4) is 11.5 Å². The second kappa shape index (κ2) is 12.1. The summed E-state index contributed by atoms with van der Waals surface area (Å²) >= 11 is 6.02. The minimum Gasteiger partial charge on any atom is -0.497 e. The lowest BCUT2D eigenvalue weighted by Gasteiger charge is -2.27. The van der Waals surface area contributed by atoms with Gasteiger partial charge in [0.15, 0.2) is 0 Å². The standard InChI is InChI=1S/C28H31ClN2O4/c1-20-6-3-4-9-28(20)34-19-24(32)17-31(16-21-7-5-8-25(14-21)33-2)18-26-15-27(30-35-26)22-10-12-23(29)13-11-22/h3-14,24,26,32H,15-19H2,1-2H3/t24-,26-/m1/s1. The third-order valence-corrected chi connectivity index (χ3v) is 6.16. The number of aliphatic hydroxyl groups excluding tert-OH is 1. The number of ether oxygens (including phenoxy) is 2. The maximum absolute atomic E-state index is 10.8. The summed E-state index contributed by atoms with van der Waals surface area (Å²) < 4.78 is 11.3. The zero-order valence-electron chi connectivity index (χ0n) is 20.1. The molecule has 6 nitrogen and oxygen atoms in total. The van der Waals surface area contributed by atoms with Crippen LogP contribution in [0.3, 0.4) is 0 Å². The van der Waals surface area contributed by atoms with Crippen LogP contribution in [0.15, 0.2) is 78.0 Å². The summed E-state index contributed by atoms with van der Waals surface area (Å²) in [7, 11) is 1.66. The minimum atomic E-state index is -0.668. The quantitative estimate of drug-likeness (QED) is 0.402. The van der Waals surface area contributed by atoms with Gasteiger partial charge in [0, 0.05) is 31.1 Å². The maximum atomic E-state index is 10.8. The Labute approximate surface area is 211 Å². The van der Waals surface area contributed by atoms with Crippen LogP contribution in [0.25, 0.3) is 0 Å². The van der Waals surface area contributed by atoms with Crippen LogP contribution in [0.5, 0.6) is 11.5 Å². The van der Waals surface area contributed by atoms with Crippen molar-refractivity contribution in [2.75, 3.05) is 26.8 Å². The molecule has 1 aliphatic heterocycles.